The van der Waals surface area contributed by atoms with Gasteiger partial charge in [0.15, 0.2) is 11.5 Å². The molecule has 1 aliphatic carbocycles. The molecule has 0 spiro atoms. The lowest BCUT2D eigenvalue weighted by Crippen LogP contribution is -2.56. The van der Waals surface area contributed by atoms with Gasteiger partial charge < -0.3 is 24.4 Å². The normalized spacial score (nSPS) is 22.1. The molecule has 0 bridgehead atoms. The SMILES string of the molecule is COc1ccc(CCN2C(=O)CC[C@]2(C)C(=O)NC2CCCC2)c(OC)c1OC. The molecule has 0 aromatic heterocycles. The molecule has 1 aromatic carbocycles. The number of hydrogen-bond acceptors (Lipinski definition) is 5. The van der Waals surface area contributed by atoms with Crippen molar-refractivity contribution in [2.75, 3.05) is 27.9 Å². The molecule has 7 nitrogen and oxygen atoms in total. The zero-order valence-electron chi connectivity index (χ0n) is 17.9. The van der Waals surface area contributed by atoms with Crippen molar-refractivity contribution in [2.24, 2.45) is 0 Å². The zero-order valence-corrected chi connectivity index (χ0v) is 17.9. The molecule has 0 radical (unpaired) electrons. The van der Waals surface area contributed by atoms with Crippen LogP contribution >= 0.6 is 0 Å². The molecular weight excluding hydrogens is 372 g/mol. The molecule has 1 atom stereocenters. The minimum absolute atomic E-state index is 0.0218. The summed E-state index contributed by atoms with van der Waals surface area (Å²) in [7, 11) is 4.73. The molecule has 2 aliphatic rings. The van der Waals surface area contributed by atoms with E-state index >= 15 is 0 Å². The van der Waals surface area contributed by atoms with Crippen LogP contribution in [0.1, 0.15) is 51.0 Å². The third kappa shape index (κ3) is 4.14. The fraction of sp³-hybridized carbons (Fsp3) is 0.636. The van der Waals surface area contributed by atoms with E-state index in [1.54, 1.807) is 26.2 Å². The van der Waals surface area contributed by atoms with Gasteiger partial charge in [-0.05, 0) is 38.7 Å². The monoisotopic (exact) mass is 404 g/mol. The summed E-state index contributed by atoms with van der Waals surface area (Å²) in [5.41, 5.74) is 0.104. The topological polar surface area (TPSA) is 77.1 Å². The number of benzene rings is 1. The largest absolute Gasteiger partial charge is 0.493 e. The molecule has 1 aromatic rings. The smallest absolute Gasteiger partial charge is 0.245 e. The van der Waals surface area contributed by atoms with E-state index in [-0.39, 0.29) is 17.9 Å². The predicted octanol–water partition coefficient (Wildman–Crippen LogP) is 2.69. The van der Waals surface area contributed by atoms with E-state index in [1.165, 1.54) is 0 Å². The van der Waals surface area contributed by atoms with Crippen LogP contribution in [-0.4, -0.2) is 56.2 Å². The van der Waals surface area contributed by atoms with Crippen LogP contribution < -0.4 is 19.5 Å². The molecule has 1 heterocycles. The van der Waals surface area contributed by atoms with Crippen LogP contribution in [0.4, 0.5) is 0 Å². The average Bonchev–Trinajstić information content (AvgIpc) is 3.34. The number of carbonyl (C=O) groups excluding carboxylic acids is 2. The van der Waals surface area contributed by atoms with Crippen LogP contribution in [0.3, 0.4) is 0 Å². The second-order valence-corrected chi connectivity index (χ2v) is 8.02. The van der Waals surface area contributed by atoms with Gasteiger partial charge in [-0.3, -0.25) is 9.59 Å². The van der Waals surface area contributed by atoms with Crippen LogP contribution in [0.2, 0.25) is 0 Å². The molecule has 29 heavy (non-hydrogen) atoms. The van der Waals surface area contributed by atoms with Gasteiger partial charge in [0, 0.05) is 24.6 Å². The van der Waals surface area contributed by atoms with E-state index in [4.69, 9.17) is 14.2 Å². The van der Waals surface area contributed by atoms with Gasteiger partial charge >= 0.3 is 0 Å². The number of ether oxygens (including phenoxy) is 3. The van der Waals surface area contributed by atoms with E-state index in [0.717, 1.165) is 31.2 Å². The van der Waals surface area contributed by atoms with Crippen molar-refractivity contribution >= 4 is 11.8 Å². The minimum atomic E-state index is -0.802. The second-order valence-electron chi connectivity index (χ2n) is 8.02. The molecule has 7 heteroatoms. The fourth-order valence-electron chi connectivity index (χ4n) is 4.51. The highest BCUT2D eigenvalue weighted by Gasteiger charge is 2.47. The summed E-state index contributed by atoms with van der Waals surface area (Å²) < 4.78 is 16.3. The summed E-state index contributed by atoms with van der Waals surface area (Å²) in [5.74, 6) is 1.70. The quantitative estimate of drug-likeness (QED) is 0.721. The second kappa shape index (κ2) is 8.93. The van der Waals surface area contributed by atoms with Gasteiger partial charge in [0.2, 0.25) is 17.6 Å². The van der Waals surface area contributed by atoms with Crippen molar-refractivity contribution < 1.29 is 23.8 Å². The Bertz CT molecular complexity index is 760. The van der Waals surface area contributed by atoms with Crippen LogP contribution in [0, 0.1) is 0 Å². The van der Waals surface area contributed by atoms with E-state index in [2.05, 4.69) is 5.32 Å². The first kappa shape index (κ1) is 21.3. The molecule has 2 fully saturated rings. The van der Waals surface area contributed by atoms with Crippen LogP contribution in [0.5, 0.6) is 17.2 Å². The van der Waals surface area contributed by atoms with Crippen molar-refractivity contribution in [3.8, 4) is 17.2 Å². The molecule has 1 saturated carbocycles. The van der Waals surface area contributed by atoms with Crippen LogP contribution in [0.15, 0.2) is 12.1 Å². The van der Waals surface area contributed by atoms with Gasteiger partial charge in [-0.2, -0.15) is 0 Å². The molecule has 2 amide bonds. The summed E-state index contributed by atoms with van der Waals surface area (Å²) in [6.45, 7) is 2.33. The molecule has 1 aliphatic heterocycles. The molecule has 1 saturated heterocycles. The van der Waals surface area contributed by atoms with Gasteiger partial charge in [-0.1, -0.05) is 18.9 Å². The summed E-state index contributed by atoms with van der Waals surface area (Å²) in [6.07, 6.45) is 5.87. The molecule has 160 valence electrons. The lowest BCUT2D eigenvalue weighted by Gasteiger charge is -2.35. The van der Waals surface area contributed by atoms with Crippen LogP contribution in [0.25, 0.3) is 0 Å². The third-order valence-electron chi connectivity index (χ3n) is 6.29. The lowest BCUT2D eigenvalue weighted by molar-refractivity contribution is -0.140. The number of rotatable bonds is 8. The average molecular weight is 405 g/mol. The first-order valence-electron chi connectivity index (χ1n) is 10.3. The Hall–Kier alpha value is -2.44. The van der Waals surface area contributed by atoms with Crippen LogP contribution in [-0.2, 0) is 16.0 Å². The van der Waals surface area contributed by atoms with E-state index in [0.29, 0.717) is 43.1 Å². The lowest BCUT2D eigenvalue weighted by atomic mass is 9.96. The van der Waals surface area contributed by atoms with Crippen molar-refractivity contribution in [2.45, 2.75) is 63.5 Å². The number of likely N-dealkylation sites (tertiary alicyclic amines) is 1. The van der Waals surface area contributed by atoms with Crippen molar-refractivity contribution in [3.05, 3.63) is 17.7 Å². The Labute approximate surface area is 172 Å². The molecular formula is C22H32N2O5. The summed E-state index contributed by atoms with van der Waals surface area (Å²) in [6, 6.07) is 3.98. The highest BCUT2D eigenvalue weighted by molar-refractivity contribution is 5.94. The Balaban J connectivity index is 1.76. The predicted molar refractivity (Wildman–Crippen MR) is 110 cm³/mol. The molecule has 1 N–H and O–H groups in total. The van der Waals surface area contributed by atoms with E-state index < -0.39 is 5.54 Å². The van der Waals surface area contributed by atoms with Crippen molar-refractivity contribution in [1.29, 1.82) is 0 Å². The van der Waals surface area contributed by atoms with Crippen molar-refractivity contribution in [1.82, 2.24) is 10.2 Å². The molecule has 3 rings (SSSR count). The Morgan fingerprint density at radius 2 is 1.83 bits per heavy atom. The third-order valence-corrected chi connectivity index (χ3v) is 6.29. The number of methoxy groups -OCH3 is 3. The van der Waals surface area contributed by atoms with Gasteiger partial charge in [-0.15, -0.1) is 0 Å². The summed E-state index contributed by atoms with van der Waals surface area (Å²) in [5, 5.41) is 3.17. The highest BCUT2D eigenvalue weighted by atomic mass is 16.5. The number of nitrogens with zero attached hydrogens (tertiary/aromatic N) is 1. The van der Waals surface area contributed by atoms with Gasteiger partial charge in [0.25, 0.3) is 0 Å². The van der Waals surface area contributed by atoms with Crippen molar-refractivity contribution in [3.63, 3.8) is 0 Å². The minimum Gasteiger partial charge on any atom is -0.493 e. The first-order valence-corrected chi connectivity index (χ1v) is 10.3. The fourth-order valence-corrected chi connectivity index (χ4v) is 4.51. The maximum Gasteiger partial charge on any atom is 0.245 e. The highest BCUT2D eigenvalue weighted by Crippen LogP contribution is 2.40. The number of amides is 2. The summed E-state index contributed by atoms with van der Waals surface area (Å²) in [4.78, 5) is 27.4. The Morgan fingerprint density at radius 1 is 1.14 bits per heavy atom. The van der Waals surface area contributed by atoms with Gasteiger partial charge in [0.1, 0.15) is 5.54 Å². The molecule has 0 unspecified atom stereocenters. The number of carbonyl (C=O) groups is 2. The van der Waals surface area contributed by atoms with E-state index in [9.17, 15) is 9.59 Å². The Kier molecular flexibility index (Phi) is 6.55. The number of hydrogen-bond donors (Lipinski definition) is 1. The maximum atomic E-state index is 13.0. The zero-order chi connectivity index (χ0) is 21.0. The van der Waals surface area contributed by atoms with Gasteiger partial charge in [-0.25, -0.2) is 0 Å². The number of nitrogens with one attached hydrogen (secondary N) is 1. The maximum absolute atomic E-state index is 13.0. The standard InChI is InChI=1S/C22H32N2O5/c1-22(21(26)23-16-7-5-6-8-16)13-11-18(25)24(22)14-12-15-9-10-17(27-2)20(29-4)19(15)28-3/h9-10,16H,5-8,11-14H2,1-4H3,(H,23,26)/t22-/m1/s1. The first-order chi connectivity index (χ1) is 13.9. The van der Waals surface area contributed by atoms with E-state index in [1.807, 2.05) is 19.1 Å². The van der Waals surface area contributed by atoms with Gasteiger partial charge in [0.05, 0.1) is 21.3 Å². The Morgan fingerprint density at radius 3 is 2.45 bits per heavy atom. The summed E-state index contributed by atoms with van der Waals surface area (Å²) >= 11 is 0.